The summed E-state index contributed by atoms with van der Waals surface area (Å²) in [6.07, 6.45) is 4.50. The van der Waals surface area contributed by atoms with Gasteiger partial charge in [-0.15, -0.1) is 0 Å². The number of amides is 2. The molecule has 3 atom stereocenters. The van der Waals surface area contributed by atoms with Gasteiger partial charge in [-0.3, -0.25) is 9.59 Å². The van der Waals surface area contributed by atoms with Crippen molar-refractivity contribution in [2.75, 3.05) is 5.32 Å². The van der Waals surface area contributed by atoms with Crippen LogP contribution in [0.2, 0.25) is 5.02 Å². The molecular formula is C16H20ClN3O2. The molecule has 1 aliphatic carbocycles. The highest BCUT2D eigenvalue weighted by atomic mass is 35.5. The van der Waals surface area contributed by atoms with Crippen LogP contribution in [0.4, 0.5) is 5.69 Å². The van der Waals surface area contributed by atoms with E-state index in [0.29, 0.717) is 10.7 Å². The molecule has 5 nitrogen and oxygen atoms in total. The molecule has 118 valence electrons. The second-order valence-electron chi connectivity index (χ2n) is 5.96. The molecule has 0 spiro atoms. The molecule has 3 N–H and O–H groups in total. The Hall–Kier alpha value is -1.59. The highest BCUT2D eigenvalue weighted by Gasteiger charge is 2.36. The van der Waals surface area contributed by atoms with Gasteiger partial charge in [0.1, 0.15) is 0 Å². The molecule has 0 radical (unpaired) electrons. The molecule has 22 heavy (non-hydrogen) atoms. The fourth-order valence-electron chi connectivity index (χ4n) is 3.22. The SMILES string of the molecule is O=C(C[C@H]1N[C@H]2CCCC[C@H]2NC1=O)Nc1ccccc1Cl. The zero-order valence-corrected chi connectivity index (χ0v) is 13.0. The molecule has 0 aromatic heterocycles. The van der Waals surface area contributed by atoms with Crippen LogP contribution in [0.15, 0.2) is 24.3 Å². The number of para-hydroxylation sites is 1. The quantitative estimate of drug-likeness (QED) is 0.798. The summed E-state index contributed by atoms with van der Waals surface area (Å²) < 4.78 is 0. The number of hydrogen-bond acceptors (Lipinski definition) is 3. The van der Waals surface area contributed by atoms with Gasteiger partial charge in [-0.2, -0.15) is 0 Å². The highest BCUT2D eigenvalue weighted by molar-refractivity contribution is 6.33. The van der Waals surface area contributed by atoms with Crippen LogP contribution in [-0.4, -0.2) is 29.9 Å². The van der Waals surface area contributed by atoms with E-state index in [1.165, 1.54) is 6.42 Å². The zero-order chi connectivity index (χ0) is 15.5. The summed E-state index contributed by atoms with van der Waals surface area (Å²) in [6.45, 7) is 0. The minimum atomic E-state index is -0.471. The molecule has 0 bridgehead atoms. The number of rotatable bonds is 3. The number of benzene rings is 1. The zero-order valence-electron chi connectivity index (χ0n) is 12.3. The average Bonchev–Trinajstić information content (AvgIpc) is 2.50. The number of nitrogens with one attached hydrogen (secondary N) is 3. The minimum absolute atomic E-state index is 0.0857. The average molecular weight is 322 g/mol. The van der Waals surface area contributed by atoms with Gasteiger partial charge in [0.05, 0.1) is 23.2 Å². The first-order chi connectivity index (χ1) is 10.6. The highest BCUT2D eigenvalue weighted by Crippen LogP contribution is 2.23. The molecule has 1 aliphatic heterocycles. The number of halogens is 1. The molecular weight excluding hydrogens is 302 g/mol. The monoisotopic (exact) mass is 321 g/mol. The lowest BCUT2D eigenvalue weighted by Crippen LogP contribution is -2.65. The van der Waals surface area contributed by atoms with E-state index in [9.17, 15) is 9.59 Å². The van der Waals surface area contributed by atoms with Crippen molar-refractivity contribution in [2.45, 2.75) is 50.2 Å². The van der Waals surface area contributed by atoms with Gasteiger partial charge in [0.2, 0.25) is 11.8 Å². The van der Waals surface area contributed by atoms with E-state index in [-0.39, 0.29) is 30.3 Å². The first-order valence-corrected chi connectivity index (χ1v) is 8.12. The fraction of sp³-hybridized carbons (Fsp3) is 0.500. The summed E-state index contributed by atoms with van der Waals surface area (Å²) in [5.74, 6) is -0.299. The molecule has 2 amide bonds. The molecule has 1 saturated heterocycles. The molecule has 2 aliphatic rings. The predicted octanol–water partition coefficient (Wildman–Crippen LogP) is 2.07. The van der Waals surface area contributed by atoms with Crippen LogP contribution in [0.25, 0.3) is 0 Å². The molecule has 0 unspecified atom stereocenters. The standard InChI is InChI=1S/C16H20ClN3O2/c17-10-5-1-2-6-11(10)19-15(21)9-14-16(22)20-13-8-4-3-7-12(13)18-14/h1-2,5-6,12-14,18H,3-4,7-9H2,(H,19,21)(H,20,22)/t12-,13+,14+/m0/s1. The Kier molecular flexibility index (Phi) is 4.64. The van der Waals surface area contributed by atoms with Crippen molar-refractivity contribution in [3.63, 3.8) is 0 Å². The molecule has 1 saturated carbocycles. The van der Waals surface area contributed by atoms with Gasteiger partial charge in [-0.1, -0.05) is 36.6 Å². The smallest absolute Gasteiger partial charge is 0.237 e. The van der Waals surface area contributed by atoms with Crippen molar-refractivity contribution in [3.05, 3.63) is 29.3 Å². The second kappa shape index (κ2) is 6.67. The van der Waals surface area contributed by atoms with Crippen LogP contribution in [-0.2, 0) is 9.59 Å². The van der Waals surface area contributed by atoms with E-state index in [2.05, 4.69) is 16.0 Å². The fourth-order valence-corrected chi connectivity index (χ4v) is 3.40. The summed E-state index contributed by atoms with van der Waals surface area (Å²) in [7, 11) is 0. The number of hydrogen-bond donors (Lipinski definition) is 3. The van der Waals surface area contributed by atoms with E-state index in [0.717, 1.165) is 19.3 Å². The summed E-state index contributed by atoms with van der Waals surface area (Å²) in [5.41, 5.74) is 0.570. The number of piperazine rings is 1. The predicted molar refractivity (Wildman–Crippen MR) is 85.8 cm³/mol. The number of carbonyl (C=O) groups excluding carboxylic acids is 2. The lowest BCUT2D eigenvalue weighted by atomic mass is 9.87. The van der Waals surface area contributed by atoms with Gasteiger partial charge in [-0.05, 0) is 25.0 Å². The normalized spacial score (nSPS) is 27.7. The molecule has 1 aromatic carbocycles. The second-order valence-corrected chi connectivity index (χ2v) is 6.36. The first-order valence-electron chi connectivity index (χ1n) is 7.74. The van der Waals surface area contributed by atoms with Crippen molar-refractivity contribution in [1.82, 2.24) is 10.6 Å². The van der Waals surface area contributed by atoms with Crippen molar-refractivity contribution in [3.8, 4) is 0 Å². The van der Waals surface area contributed by atoms with Crippen LogP contribution >= 0.6 is 11.6 Å². The maximum absolute atomic E-state index is 12.1. The molecule has 2 fully saturated rings. The van der Waals surface area contributed by atoms with Crippen LogP contribution in [0.1, 0.15) is 32.1 Å². The Morgan fingerprint density at radius 2 is 1.95 bits per heavy atom. The Morgan fingerprint density at radius 1 is 1.23 bits per heavy atom. The van der Waals surface area contributed by atoms with Gasteiger partial charge >= 0.3 is 0 Å². The van der Waals surface area contributed by atoms with Gasteiger partial charge in [0.15, 0.2) is 0 Å². The lowest BCUT2D eigenvalue weighted by Gasteiger charge is -2.40. The molecule has 1 heterocycles. The van der Waals surface area contributed by atoms with Crippen molar-refractivity contribution < 1.29 is 9.59 Å². The van der Waals surface area contributed by atoms with E-state index in [1.54, 1.807) is 24.3 Å². The van der Waals surface area contributed by atoms with Crippen molar-refractivity contribution >= 4 is 29.1 Å². The summed E-state index contributed by atoms with van der Waals surface area (Å²) >= 11 is 6.02. The Balaban J connectivity index is 1.59. The molecule has 3 rings (SSSR count). The molecule has 6 heteroatoms. The van der Waals surface area contributed by atoms with Crippen molar-refractivity contribution in [2.24, 2.45) is 0 Å². The summed E-state index contributed by atoms with van der Waals surface area (Å²) in [4.78, 5) is 24.3. The maximum Gasteiger partial charge on any atom is 0.237 e. The van der Waals surface area contributed by atoms with Gasteiger partial charge in [0, 0.05) is 12.1 Å². The molecule has 1 aromatic rings. The summed E-state index contributed by atoms with van der Waals surface area (Å²) in [5, 5.41) is 9.62. The first kappa shape index (κ1) is 15.3. The topological polar surface area (TPSA) is 70.2 Å². The number of anilines is 1. The van der Waals surface area contributed by atoms with Gasteiger partial charge in [-0.25, -0.2) is 0 Å². The van der Waals surface area contributed by atoms with Gasteiger partial charge in [0.25, 0.3) is 0 Å². The summed E-state index contributed by atoms with van der Waals surface area (Å²) in [6, 6.07) is 7.09. The lowest BCUT2D eigenvalue weighted by molar-refractivity contribution is -0.129. The van der Waals surface area contributed by atoms with Crippen LogP contribution < -0.4 is 16.0 Å². The third-order valence-electron chi connectivity index (χ3n) is 4.36. The van der Waals surface area contributed by atoms with Gasteiger partial charge < -0.3 is 16.0 Å². The van der Waals surface area contributed by atoms with Crippen molar-refractivity contribution in [1.29, 1.82) is 0 Å². The van der Waals surface area contributed by atoms with Crippen LogP contribution in [0, 0.1) is 0 Å². The van der Waals surface area contributed by atoms with Crippen LogP contribution in [0.5, 0.6) is 0 Å². The van der Waals surface area contributed by atoms with Crippen LogP contribution in [0.3, 0.4) is 0 Å². The third-order valence-corrected chi connectivity index (χ3v) is 4.69. The third kappa shape index (κ3) is 3.42. The number of carbonyl (C=O) groups is 2. The maximum atomic E-state index is 12.1. The van der Waals surface area contributed by atoms with E-state index in [1.807, 2.05) is 0 Å². The van der Waals surface area contributed by atoms with E-state index in [4.69, 9.17) is 11.6 Å². The Morgan fingerprint density at radius 3 is 2.73 bits per heavy atom. The minimum Gasteiger partial charge on any atom is -0.350 e. The number of fused-ring (bicyclic) bond motifs is 1. The largest absolute Gasteiger partial charge is 0.350 e. The Bertz CT molecular complexity index is 578. The van der Waals surface area contributed by atoms with E-state index >= 15 is 0 Å². The Labute approximate surface area is 134 Å². The van der Waals surface area contributed by atoms with E-state index < -0.39 is 6.04 Å².